The van der Waals surface area contributed by atoms with E-state index in [1.54, 1.807) is 7.11 Å². The van der Waals surface area contributed by atoms with Gasteiger partial charge in [-0.05, 0) is 17.7 Å². The summed E-state index contributed by atoms with van der Waals surface area (Å²) in [4.78, 5) is 0. The van der Waals surface area contributed by atoms with Crippen LogP contribution >= 0.6 is 27.5 Å². The molecule has 0 aromatic heterocycles. The lowest BCUT2D eigenvalue weighted by atomic mass is 10.0. The third-order valence-corrected chi connectivity index (χ3v) is 3.34. The highest BCUT2D eigenvalue weighted by Crippen LogP contribution is 2.30. The summed E-state index contributed by atoms with van der Waals surface area (Å²) in [6.45, 7) is 2.55. The van der Waals surface area contributed by atoms with Crippen LogP contribution in [-0.2, 0) is 11.3 Å². The molecule has 2 nitrogen and oxygen atoms in total. The molecule has 0 aliphatic heterocycles. The van der Waals surface area contributed by atoms with Crippen LogP contribution in [0.4, 0.5) is 0 Å². The first-order chi connectivity index (χ1) is 7.10. The Morgan fingerprint density at radius 1 is 1.53 bits per heavy atom. The zero-order valence-electron chi connectivity index (χ0n) is 8.76. The highest BCUT2D eigenvalue weighted by Gasteiger charge is 2.11. The van der Waals surface area contributed by atoms with Gasteiger partial charge in [-0.25, -0.2) is 0 Å². The van der Waals surface area contributed by atoms with Gasteiger partial charge in [-0.2, -0.15) is 0 Å². The van der Waals surface area contributed by atoms with Gasteiger partial charge in [0.15, 0.2) is 0 Å². The van der Waals surface area contributed by atoms with Crippen molar-refractivity contribution in [3.63, 3.8) is 0 Å². The molecule has 0 saturated carbocycles. The molecule has 1 aromatic rings. The van der Waals surface area contributed by atoms with Crippen LogP contribution in [-0.4, -0.2) is 18.8 Å². The Kier molecular flexibility index (Phi) is 5.06. The molecule has 4 heteroatoms. The van der Waals surface area contributed by atoms with Crippen molar-refractivity contribution in [2.24, 2.45) is 0 Å². The smallest absolute Gasteiger partial charge is 0.0738 e. The third-order valence-electron chi connectivity index (χ3n) is 2.29. The number of hydrogen-bond donors (Lipinski definition) is 1. The van der Waals surface area contributed by atoms with Gasteiger partial charge < -0.3 is 9.84 Å². The first-order valence-electron chi connectivity index (χ1n) is 4.67. The molecular formula is C11H14BrClO2. The van der Waals surface area contributed by atoms with E-state index in [0.29, 0.717) is 11.6 Å². The molecule has 0 saturated heterocycles. The molecule has 1 atom stereocenters. The molecule has 15 heavy (non-hydrogen) atoms. The van der Waals surface area contributed by atoms with E-state index in [2.05, 4.69) is 15.9 Å². The quantitative estimate of drug-likeness (QED) is 0.922. The zero-order chi connectivity index (χ0) is 11.4. The fraction of sp³-hybridized carbons (Fsp3) is 0.455. The van der Waals surface area contributed by atoms with Crippen LogP contribution < -0.4 is 0 Å². The van der Waals surface area contributed by atoms with Crippen molar-refractivity contribution in [3.8, 4) is 0 Å². The van der Waals surface area contributed by atoms with Gasteiger partial charge in [-0.3, -0.25) is 0 Å². The molecule has 0 amide bonds. The highest BCUT2D eigenvalue weighted by atomic mass is 79.9. The SMILES string of the molecule is COCc1c(Cl)cc(C(C)CO)cc1Br. The Morgan fingerprint density at radius 2 is 2.20 bits per heavy atom. The Balaban J connectivity index is 3.07. The normalized spacial score (nSPS) is 12.9. The molecule has 0 aliphatic rings. The lowest BCUT2D eigenvalue weighted by Crippen LogP contribution is -2.01. The van der Waals surface area contributed by atoms with Crippen LogP contribution in [0.2, 0.25) is 5.02 Å². The largest absolute Gasteiger partial charge is 0.396 e. The second-order valence-electron chi connectivity index (χ2n) is 3.48. The van der Waals surface area contributed by atoms with Gasteiger partial charge in [-0.15, -0.1) is 0 Å². The Labute approximate surface area is 103 Å². The minimum Gasteiger partial charge on any atom is -0.396 e. The number of aliphatic hydroxyl groups excluding tert-OH is 1. The summed E-state index contributed by atoms with van der Waals surface area (Å²) < 4.78 is 5.98. The van der Waals surface area contributed by atoms with Gasteiger partial charge in [0.25, 0.3) is 0 Å². The van der Waals surface area contributed by atoms with E-state index in [4.69, 9.17) is 21.4 Å². The first kappa shape index (κ1) is 13.0. The predicted octanol–water partition coefficient (Wildman–Crippen LogP) is 3.34. The summed E-state index contributed by atoms with van der Waals surface area (Å²) in [5.41, 5.74) is 1.96. The van der Waals surface area contributed by atoms with Gasteiger partial charge in [0.1, 0.15) is 0 Å². The number of aliphatic hydroxyl groups is 1. The number of halogens is 2. The van der Waals surface area contributed by atoms with Gasteiger partial charge >= 0.3 is 0 Å². The van der Waals surface area contributed by atoms with E-state index in [-0.39, 0.29) is 12.5 Å². The molecule has 1 unspecified atom stereocenters. The van der Waals surface area contributed by atoms with Crippen LogP contribution in [0.3, 0.4) is 0 Å². The molecule has 84 valence electrons. The van der Waals surface area contributed by atoms with Crippen molar-refractivity contribution in [3.05, 3.63) is 32.8 Å². The minimum absolute atomic E-state index is 0.0930. The van der Waals surface area contributed by atoms with Crippen molar-refractivity contribution in [2.75, 3.05) is 13.7 Å². The highest BCUT2D eigenvalue weighted by molar-refractivity contribution is 9.10. The van der Waals surface area contributed by atoms with Crippen LogP contribution in [0.25, 0.3) is 0 Å². The van der Waals surface area contributed by atoms with Crippen molar-refractivity contribution in [2.45, 2.75) is 19.4 Å². The number of rotatable bonds is 4. The van der Waals surface area contributed by atoms with Gasteiger partial charge in [0.2, 0.25) is 0 Å². The predicted molar refractivity (Wildman–Crippen MR) is 65.4 cm³/mol. The monoisotopic (exact) mass is 292 g/mol. The molecular weight excluding hydrogens is 279 g/mol. The second-order valence-corrected chi connectivity index (χ2v) is 4.74. The lowest BCUT2D eigenvalue weighted by molar-refractivity contribution is 0.184. The molecule has 1 rings (SSSR count). The number of hydrogen-bond acceptors (Lipinski definition) is 2. The molecule has 0 aliphatic carbocycles. The molecule has 0 radical (unpaired) electrons. The molecule has 1 N–H and O–H groups in total. The van der Waals surface area contributed by atoms with E-state index in [0.717, 1.165) is 15.6 Å². The Bertz CT molecular complexity index is 318. The summed E-state index contributed by atoms with van der Waals surface area (Å²) in [6, 6.07) is 3.85. The van der Waals surface area contributed by atoms with E-state index >= 15 is 0 Å². The lowest BCUT2D eigenvalue weighted by Gasteiger charge is -2.13. The van der Waals surface area contributed by atoms with Gasteiger partial charge in [0, 0.05) is 34.7 Å². The topological polar surface area (TPSA) is 29.5 Å². The fourth-order valence-electron chi connectivity index (χ4n) is 1.29. The van der Waals surface area contributed by atoms with Crippen LogP contribution in [0, 0.1) is 0 Å². The van der Waals surface area contributed by atoms with Gasteiger partial charge in [0.05, 0.1) is 6.61 Å². The summed E-state index contributed by atoms with van der Waals surface area (Å²) in [5.74, 6) is 0.0930. The molecule has 1 aromatic carbocycles. The average Bonchev–Trinajstić information content (AvgIpc) is 2.22. The fourth-order valence-corrected chi connectivity index (χ4v) is 2.28. The third kappa shape index (κ3) is 3.18. The molecule has 0 heterocycles. The molecule has 0 fully saturated rings. The van der Waals surface area contributed by atoms with Crippen molar-refractivity contribution in [1.29, 1.82) is 0 Å². The maximum atomic E-state index is 9.06. The number of ether oxygens (including phenoxy) is 1. The molecule has 0 bridgehead atoms. The van der Waals surface area contributed by atoms with E-state index in [1.165, 1.54) is 0 Å². The summed E-state index contributed by atoms with van der Waals surface area (Å²) in [7, 11) is 1.63. The number of benzene rings is 1. The average molecular weight is 294 g/mol. The maximum absolute atomic E-state index is 9.06. The summed E-state index contributed by atoms with van der Waals surface area (Å²) in [5, 5.41) is 9.73. The summed E-state index contributed by atoms with van der Waals surface area (Å²) in [6.07, 6.45) is 0. The Morgan fingerprint density at radius 3 is 2.67 bits per heavy atom. The minimum atomic E-state index is 0.0930. The van der Waals surface area contributed by atoms with Gasteiger partial charge in [-0.1, -0.05) is 34.5 Å². The Hall–Kier alpha value is -0.0900. The van der Waals surface area contributed by atoms with E-state index in [9.17, 15) is 0 Å². The zero-order valence-corrected chi connectivity index (χ0v) is 11.1. The number of methoxy groups -OCH3 is 1. The van der Waals surface area contributed by atoms with Crippen LogP contribution in [0.1, 0.15) is 24.0 Å². The second kappa shape index (κ2) is 5.85. The van der Waals surface area contributed by atoms with Crippen LogP contribution in [0.15, 0.2) is 16.6 Å². The maximum Gasteiger partial charge on any atom is 0.0738 e. The van der Waals surface area contributed by atoms with Crippen molar-refractivity contribution in [1.82, 2.24) is 0 Å². The standard InChI is InChI=1S/C11H14BrClO2/c1-7(5-14)8-3-10(12)9(6-15-2)11(13)4-8/h3-4,7,14H,5-6H2,1-2H3. The van der Waals surface area contributed by atoms with Crippen molar-refractivity contribution >= 4 is 27.5 Å². The van der Waals surface area contributed by atoms with E-state index < -0.39 is 0 Å². The van der Waals surface area contributed by atoms with Crippen LogP contribution in [0.5, 0.6) is 0 Å². The first-order valence-corrected chi connectivity index (χ1v) is 5.84. The van der Waals surface area contributed by atoms with E-state index in [1.807, 2.05) is 19.1 Å². The molecule has 0 spiro atoms. The van der Waals surface area contributed by atoms with Crippen molar-refractivity contribution < 1.29 is 9.84 Å². The summed E-state index contributed by atoms with van der Waals surface area (Å²) >= 11 is 9.57.